The summed E-state index contributed by atoms with van der Waals surface area (Å²) in [6, 6.07) is 6.31. The van der Waals surface area contributed by atoms with Crippen LogP contribution >= 0.6 is 0 Å². The lowest BCUT2D eigenvalue weighted by Crippen LogP contribution is -2.49. The van der Waals surface area contributed by atoms with Gasteiger partial charge in [0, 0.05) is 44.0 Å². The quantitative estimate of drug-likeness (QED) is 0.900. The summed E-state index contributed by atoms with van der Waals surface area (Å²) in [6.07, 6.45) is 1.52. The molecule has 0 saturated carbocycles. The summed E-state index contributed by atoms with van der Waals surface area (Å²) in [6.45, 7) is 5.50. The molecule has 1 fully saturated rings. The monoisotopic (exact) mass is 348 g/mol. The van der Waals surface area contributed by atoms with Crippen LogP contribution < -0.4 is 4.90 Å². The van der Waals surface area contributed by atoms with Crippen LogP contribution in [-0.2, 0) is 10.0 Å². The molecule has 2 aromatic rings. The van der Waals surface area contributed by atoms with Gasteiger partial charge in [-0.15, -0.1) is 0 Å². The lowest BCUT2D eigenvalue weighted by molar-refractivity contribution is 0.383. The molecule has 1 aromatic heterocycles. The first kappa shape index (κ1) is 16.7. The number of aromatic nitrogens is 2. The molecule has 8 heteroatoms. The van der Waals surface area contributed by atoms with Gasteiger partial charge in [0.1, 0.15) is 17.9 Å². The van der Waals surface area contributed by atoms with Gasteiger partial charge in [-0.1, -0.05) is 6.07 Å². The number of sulfonamides is 1. The van der Waals surface area contributed by atoms with Crippen LogP contribution in [0.15, 0.2) is 35.5 Å². The molecule has 0 amide bonds. The molecule has 0 aliphatic carbocycles. The minimum Gasteiger partial charge on any atom is -0.508 e. The molecule has 0 spiro atoms. The van der Waals surface area contributed by atoms with Crippen LogP contribution in [0, 0.1) is 13.8 Å². The molecule has 7 nitrogen and oxygen atoms in total. The second-order valence-corrected chi connectivity index (χ2v) is 7.76. The third kappa shape index (κ3) is 3.20. The normalized spacial score (nSPS) is 16.3. The number of aryl methyl sites for hydroxylation is 2. The van der Waals surface area contributed by atoms with Crippen LogP contribution in [-0.4, -0.2) is 54.0 Å². The molecule has 128 valence electrons. The zero-order chi connectivity index (χ0) is 17.3. The fourth-order valence-electron chi connectivity index (χ4n) is 2.78. The molecule has 0 radical (unpaired) electrons. The lowest BCUT2D eigenvalue weighted by atomic mass is 10.2. The minimum atomic E-state index is -3.62. The predicted octanol–water partition coefficient (Wildman–Crippen LogP) is 1.31. The van der Waals surface area contributed by atoms with E-state index in [4.69, 9.17) is 0 Å². The SMILES string of the molecule is Cc1cc(N2CCN(S(=O)(=O)c3cc(O)ccc3C)CC2)ncn1. The first-order valence-corrected chi connectivity index (χ1v) is 9.15. The second kappa shape index (κ2) is 6.37. The van der Waals surface area contributed by atoms with E-state index in [0.717, 1.165) is 11.5 Å². The van der Waals surface area contributed by atoms with Crippen LogP contribution in [0.4, 0.5) is 5.82 Å². The third-order valence-electron chi connectivity index (χ3n) is 4.14. The molecule has 3 rings (SSSR count). The van der Waals surface area contributed by atoms with Crippen molar-refractivity contribution in [3.05, 3.63) is 41.9 Å². The summed E-state index contributed by atoms with van der Waals surface area (Å²) in [5.41, 5.74) is 1.51. The summed E-state index contributed by atoms with van der Waals surface area (Å²) >= 11 is 0. The molecule has 2 heterocycles. The highest BCUT2D eigenvalue weighted by molar-refractivity contribution is 7.89. The zero-order valence-electron chi connectivity index (χ0n) is 13.7. The first-order valence-electron chi connectivity index (χ1n) is 7.71. The van der Waals surface area contributed by atoms with Crippen molar-refractivity contribution >= 4 is 15.8 Å². The standard InChI is InChI=1S/C16H20N4O3S/c1-12-3-4-14(21)10-15(12)24(22,23)20-7-5-19(6-8-20)16-9-13(2)17-11-18-16/h3-4,9-11,21H,5-8H2,1-2H3. The Morgan fingerprint density at radius 1 is 1.04 bits per heavy atom. The van der Waals surface area contributed by atoms with Crippen LogP contribution in [0.2, 0.25) is 0 Å². The van der Waals surface area contributed by atoms with Gasteiger partial charge in [-0.05, 0) is 25.5 Å². The molecule has 1 aliphatic heterocycles. The van der Waals surface area contributed by atoms with Crippen molar-refractivity contribution in [3.63, 3.8) is 0 Å². The maximum Gasteiger partial charge on any atom is 0.243 e. The summed E-state index contributed by atoms with van der Waals surface area (Å²) in [5.74, 6) is 0.766. The number of phenolic OH excluding ortho intramolecular Hbond substituents is 1. The van der Waals surface area contributed by atoms with E-state index in [0.29, 0.717) is 31.7 Å². The number of piperazine rings is 1. The van der Waals surface area contributed by atoms with Crippen molar-refractivity contribution in [3.8, 4) is 5.75 Å². The fourth-order valence-corrected chi connectivity index (χ4v) is 4.44. The van der Waals surface area contributed by atoms with Crippen molar-refractivity contribution in [1.82, 2.24) is 14.3 Å². The molecule has 24 heavy (non-hydrogen) atoms. The van der Waals surface area contributed by atoms with Crippen molar-refractivity contribution in [1.29, 1.82) is 0 Å². The summed E-state index contributed by atoms with van der Waals surface area (Å²) in [4.78, 5) is 10.5. The number of phenols is 1. The van der Waals surface area contributed by atoms with E-state index >= 15 is 0 Å². The van der Waals surface area contributed by atoms with E-state index in [1.807, 2.05) is 13.0 Å². The van der Waals surface area contributed by atoms with Gasteiger partial charge in [-0.3, -0.25) is 0 Å². The Balaban J connectivity index is 1.77. The Bertz CT molecular complexity index is 846. The van der Waals surface area contributed by atoms with Crippen LogP contribution in [0.25, 0.3) is 0 Å². The molecule has 1 N–H and O–H groups in total. The highest BCUT2D eigenvalue weighted by Gasteiger charge is 2.30. The Morgan fingerprint density at radius 2 is 1.75 bits per heavy atom. The van der Waals surface area contributed by atoms with E-state index in [-0.39, 0.29) is 10.6 Å². The second-order valence-electron chi connectivity index (χ2n) is 5.86. The maximum absolute atomic E-state index is 12.8. The highest BCUT2D eigenvalue weighted by Crippen LogP contribution is 2.25. The maximum atomic E-state index is 12.8. The molecule has 0 bridgehead atoms. The first-order chi connectivity index (χ1) is 11.4. The van der Waals surface area contributed by atoms with Gasteiger partial charge in [0.05, 0.1) is 4.90 Å². The number of aromatic hydroxyl groups is 1. The largest absolute Gasteiger partial charge is 0.508 e. The Labute approximate surface area is 141 Å². The number of hydrogen-bond donors (Lipinski definition) is 1. The molecule has 1 aliphatic rings. The average Bonchev–Trinajstić information content (AvgIpc) is 2.57. The summed E-state index contributed by atoms with van der Waals surface area (Å²) in [7, 11) is -3.62. The fraction of sp³-hybridized carbons (Fsp3) is 0.375. The molecule has 0 atom stereocenters. The van der Waals surface area contributed by atoms with Crippen LogP contribution in [0.5, 0.6) is 5.75 Å². The van der Waals surface area contributed by atoms with E-state index in [9.17, 15) is 13.5 Å². The molecule has 1 saturated heterocycles. The van der Waals surface area contributed by atoms with Crippen molar-refractivity contribution < 1.29 is 13.5 Å². The number of anilines is 1. The Kier molecular flexibility index (Phi) is 4.42. The predicted molar refractivity (Wildman–Crippen MR) is 90.6 cm³/mol. The average molecular weight is 348 g/mol. The van der Waals surface area contributed by atoms with Crippen LogP contribution in [0.1, 0.15) is 11.3 Å². The van der Waals surface area contributed by atoms with Gasteiger partial charge in [-0.25, -0.2) is 18.4 Å². The highest BCUT2D eigenvalue weighted by atomic mass is 32.2. The Morgan fingerprint density at radius 3 is 2.42 bits per heavy atom. The van der Waals surface area contributed by atoms with E-state index in [1.165, 1.54) is 22.8 Å². The van der Waals surface area contributed by atoms with Gasteiger partial charge >= 0.3 is 0 Å². The van der Waals surface area contributed by atoms with Crippen molar-refractivity contribution in [2.75, 3.05) is 31.1 Å². The zero-order valence-corrected chi connectivity index (χ0v) is 14.5. The number of hydrogen-bond acceptors (Lipinski definition) is 6. The minimum absolute atomic E-state index is 0.0470. The van der Waals surface area contributed by atoms with Gasteiger partial charge in [0.25, 0.3) is 0 Å². The smallest absolute Gasteiger partial charge is 0.243 e. The van der Waals surface area contributed by atoms with Gasteiger partial charge in [0.15, 0.2) is 0 Å². The molecular weight excluding hydrogens is 328 g/mol. The number of nitrogens with zero attached hydrogens (tertiary/aromatic N) is 4. The Hall–Kier alpha value is -2.19. The number of benzene rings is 1. The number of rotatable bonds is 3. The van der Waals surface area contributed by atoms with Crippen molar-refractivity contribution in [2.45, 2.75) is 18.7 Å². The van der Waals surface area contributed by atoms with E-state index in [1.54, 1.807) is 13.0 Å². The molecule has 1 aromatic carbocycles. The molecule has 0 unspecified atom stereocenters. The lowest BCUT2D eigenvalue weighted by Gasteiger charge is -2.34. The summed E-state index contributed by atoms with van der Waals surface area (Å²) in [5, 5.41) is 9.61. The van der Waals surface area contributed by atoms with E-state index in [2.05, 4.69) is 14.9 Å². The van der Waals surface area contributed by atoms with Gasteiger partial charge in [-0.2, -0.15) is 4.31 Å². The van der Waals surface area contributed by atoms with Crippen molar-refractivity contribution in [2.24, 2.45) is 0 Å². The van der Waals surface area contributed by atoms with Crippen LogP contribution in [0.3, 0.4) is 0 Å². The third-order valence-corrected chi connectivity index (χ3v) is 6.18. The summed E-state index contributed by atoms with van der Waals surface area (Å²) < 4.78 is 27.1. The van der Waals surface area contributed by atoms with Gasteiger partial charge < -0.3 is 10.0 Å². The topological polar surface area (TPSA) is 86.6 Å². The molecular formula is C16H20N4O3S. The van der Waals surface area contributed by atoms with E-state index < -0.39 is 10.0 Å². The van der Waals surface area contributed by atoms with Gasteiger partial charge in [0.2, 0.25) is 10.0 Å².